The maximum absolute atomic E-state index is 9.21. The highest BCUT2D eigenvalue weighted by Gasteiger charge is 2.13. The highest BCUT2D eigenvalue weighted by Crippen LogP contribution is 2.04. The predicted octanol–water partition coefficient (Wildman–Crippen LogP) is 1.79. The molecule has 0 aromatic heterocycles. The third-order valence-electron chi connectivity index (χ3n) is 3.80. The van der Waals surface area contributed by atoms with Crippen molar-refractivity contribution >= 4 is 0 Å². The Morgan fingerprint density at radius 1 is 0.414 bits per heavy atom. The topological polar surface area (TPSA) is 95.8 Å². The maximum Gasteiger partial charge on any atom is 0.0781 e. The van der Waals surface area contributed by atoms with Gasteiger partial charge in [-0.05, 0) is 48.5 Å². The molecule has 0 aromatic rings. The van der Waals surface area contributed by atoms with Crippen LogP contribution in [0.25, 0.3) is 0 Å². The molecule has 0 aliphatic carbocycles. The molecule has 0 unspecified atom stereocenters. The normalized spacial score (nSPS) is 19.3. The fraction of sp³-hybridized carbons (Fsp3) is 1.00. The molecule has 0 aromatic carbocycles. The largest absolute Gasteiger partial charge is 0.391 e. The van der Waals surface area contributed by atoms with E-state index >= 15 is 0 Å². The molecule has 29 heavy (non-hydrogen) atoms. The summed E-state index contributed by atoms with van der Waals surface area (Å²) in [6, 6.07) is 0. The van der Waals surface area contributed by atoms with Crippen molar-refractivity contribution in [1.82, 2.24) is 0 Å². The molecule has 8 heteroatoms. The van der Waals surface area contributed by atoms with Crippen molar-refractivity contribution in [2.75, 3.05) is 46.2 Å². The summed E-state index contributed by atoms with van der Waals surface area (Å²) in [7, 11) is 0. The Kier molecular flexibility index (Phi) is 17.2. The number of hydrogen-bond acceptors (Lipinski definition) is 8. The van der Waals surface area contributed by atoms with E-state index in [2.05, 4.69) is 0 Å². The Morgan fingerprint density at radius 2 is 0.690 bits per heavy atom. The summed E-state index contributed by atoms with van der Waals surface area (Å²) < 4.78 is 33.7. The van der Waals surface area contributed by atoms with Crippen LogP contribution in [-0.4, -0.2) is 99.2 Å². The fourth-order valence-corrected chi connectivity index (χ4v) is 2.15. The van der Waals surface area contributed by atoms with Crippen LogP contribution in [0.3, 0.4) is 0 Å². The van der Waals surface area contributed by atoms with Gasteiger partial charge in [0.05, 0.1) is 89.0 Å². The van der Waals surface area contributed by atoms with E-state index in [-0.39, 0.29) is 30.5 Å². The van der Waals surface area contributed by atoms with Crippen LogP contribution in [0, 0.1) is 0 Å². The first kappa shape index (κ1) is 28.7. The smallest absolute Gasteiger partial charge is 0.0781 e. The van der Waals surface area contributed by atoms with Gasteiger partial charge in [-0.25, -0.2) is 0 Å². The fourth-order valence-electron chi connectivity index (χ4n) is 2.15. The molecule has 0 spiro atoms. The van der Waals surface area contributed by atoms with Crippen LogP contribution in [0.2, 0.25) is 0 Å². The molecular formula is C21H44O8. The van der Waals surface area contributed by atoms with Gasteiger partial charge in [-0.2, -0.15) is 0 Å². The molecule has 0 rings (SSSR count). The Hall–Kier alpha value is -0.320. The van der Waals surface area contributed by atoms with Crippen LogP contribution in [-0.2, 0) is 28.4 Å². The molecule has 176 valence electrons. The van der Waals surface area contributed by atoms with Gasteiger partial charge in [0.25, 0.3) is 0 Å². The van der Waals surface area contributed by atoms with E-state index in [1.165, 1.54) is 0 Å². The second-order valence-corrected chi connectivity index (χ2v) is 7.96. The van der Waals surface area contributed by atoms with Crippen LogP contribution in [0.1, 0.15) is 48.5 Å². The monoisotopic (exact) mass is 424 g/mol. The van der Waals surface area contributed by atoms with Crippen LogP contribution in [0.4, 0.5) is 0 Å². The molecule has 2 N–H and O–H groups in total. The second kappa shape index (κ2) is 17.4. The molecule has 7 atom stereocenters. The minimum Gasteiger partial charge on any atom is -0.391 e. The molecular weight excluding hydrogens is 380 g/mol. The quantitative estimate of drug-likeness (QED) is 0.324. The van der Waals surface area contributed by atoms with Gasteiger partial charge in [0.1, 0.15) is 0 Å². The number of rotatable bonds is 19. The molecule has 0 heterocycles. The first-order valence-corrected chi connectivity index (χ1v) is 10.6. The van der Waals surface area contributed by atoms with Crippen molar-refractivity contribution in [3.8, 4) is 0 Å². The third-order valence-corrected chi connectivity index (χ3v) is 3.80. The third kappa shape index (κ3) is 19.4. The lowest BCUT2D eigenvalue weighted by molar-refractivity contribution is -0.103. The van der Waals surface area contributed by atoms with Crippen molar-refractivity contribution in [1.29, 1.82) is 0 Å². The lowest BCUT2D eigenvalue weighted by atomic mass is 10.3. The van der Waals surface area contributed by atoms with E-state index in [1.807, 2.05) is 34.6 Å². The minimum absolute atomic E-state index is 0.0548. The van der Waals surface area contributed by atoms with Gasteiger partial charge < -0.3 is 38.6 Å². The molecule has 0 saturated heterocycles. The minimum atomic E-state index is -0.474. The van der Waals surface area contributed by atoms with E-state index in [0.29, 0.717) is 46.2 Å². The Labute approximate surface area is 176 Å². The van der Waals surface area contributed by atoms with Gasteiger partial charge in [-0.15, -0.1) is 0 Å². The number of hydrogen-bond donors (Lipinski definition) is 2. The average Bonchev–Trinajstić information content (AvgIpc) is 2.65. The molecule has 8 nitrogen and oxygen atoms in total. The standard InChI is InChI=1S/C21H44O8/c1-15(22)8-24-10-17(3)26-12-19(5)28-14-21(7)29-13-20(6)27-11-18(4)25-9-16(2)23/h15-23H,8-14H2,1-7H3/t15-,16+,17+,18-,19+,20-,21+/m1/s1. The maximum atomic E-state index is 9.21. The zero-order valence-corrected chi connectivity index (χ0v) is 19.3. The summed E-state index contributed by atoms with van der Waals surface area (Å²) in [5.41, 5.74) is 0. The molecule has 0 aliphatic rings. The highest BCUT2D eigenvalue weighted by atomic mass is 16.6. The number of ether oxygens (including phenoxy) is 6. The van der Waals surface area contributed by atoms with Crippen molar-refractivity contribution < 1.29 is 38.6 Å². The first-order chi connectivity index (χ1) is 13.6. The summed E-state index contributed by atoms with van der Waals surface area (Å²) in [4.78, 5) is 0. The first-order valence-electron chi connectivity index (χ1n) is 10.6. The summed E-state index contributed by atoms with van der Waals surface area (Å²) in [5.74, 6) is 0. The predicted molar refractivity (Wildman–Crippen MR) is 111 cm³/mol. The zero-order chi connectivity index (χ0) is 22.2. The zero-order valence-electron chi connectivity index (χ0n) is 19.3. The van der Waals surface area contributed by atoms with Crippen LogP contribution in [0.5, 0.6) is 0 Å². The molecule has 0 bridgehead atoms. The van der Waals surface area contributed by atoms with Crippen LogP contribution >= 0.6 is 0 Å². The average molecular weight is 425 g/mol. The Bertz CT molecular complexity index is 367. The van der Waals surface area contributed by atoms with Crippen molar-refractivity contribution in [2.24, 2.45) is 0 Å². The van der Waals surface area contributed by atoms with E-state index in [9.17, 15) is 5.11 Å². The SMILES string of the molecule is C[C@H](O)CO[C@H](C)CO[C@H](C)CO[C@@H](C)CO[C@@H](C)CO[C@@H](C)COC[C@@H](C)O. The second-order valence-electron chi connectivity index (χ2n) is 7.96. The van der Waals surface area contributed by atoms with Crippen molar-refractivity contribution in [3.05, 3.63) is 0 Å². The Morgan fingerprint density at radius 3 is 1.00 bits per heavy atom. The number of aliphatic hydroxyl groups is 2. The van der Waals surface area contributed by atoms with Gasteiger partial charge >= 0.3 is 0 Å². The molecule has 0 fully saturated rings. The van der Waals surface area contributed by atoms with Crippen molar-refractivity contribution in [3.63, 3.8) is 0 Å². The lowest BCUT2D eigenvalue weighted by Gasteiger charge is -2.22. The number of aliphatic hydroxyl groups excluding tert-OH is 2. The summed E-state index contributed by atoms with van der Waals surface area (Å²) in [6.07, 6.45) is -1.24. The van der Waals surface area contributed by atoms with E-state index in [0.717, 1.165) is 0 Å². The van der Waals surface area contributed by atoms with Gasteiger partial charge in [-0.3, -0.25) is 0 Å². The summed E-state index contributed by atoms with van der Waals surface area (Å²) in [5, 5.41) is 18.4. The summed E-state index contributed by atoms with van der Waals surface area (Å²) in [6.45, 7) is 16.0. The molecule has 0 radical (unpaired) electrons. The van der Waals surface area contributed by atoms with Gasteiger partial charge in [-0.1, -0.05) is 0 Å². The van der Waals surface area contributed by atoms with E-state index in [4.69, 9.17) is 33.5 Å². The lowest BCUT2D eigenvalue weighted by Crippen LogP contribution is -2.29. The summed E-state index contributed by atoms with van der Waals surface area (Å²) >= 11 is 0. The van der Waals surface area contributed by atoms with E-state index in [1.54, 1.807) is 13.8 Å². The van der Waals surface area contributed by atoms with Gasteiger partial charge in [0.2, 0.25) is 0 Å². The Balaban J connectivity index is 3.74. The highest BCUT2D eigenvalue weighted by molar-refractivity contribution is 4.58. The van der Waals surface area contributed by atoms with Crippen LogP contribution in [0.15, 0.2) is 0 Å². The van der Waals surface area contributed by atoms with Crippen molar-refractivity contribution in [2.45, 2.75) is 91.2 Å². The molecule has 0 amide bonds. The molecule has 0 aliphatic heterocycles. The van der Waals surface area contributed by atoms with E-state index < -0.39 is 12.2 Å². The van der Waals surface area contributed by atoms with Gasteiger partial charge in [0.15, 0.2) is 0 Å². The van der Waals surface area contributed by atoms with Gasteiger partial charge in [0, 0.05) is 0 Å². The van der Waals surface area contributed by atoms with Crippen LogP contribution < -0.4 is 0 Å². The molecule has 0 saturated carbocycles.